The second-order valence-corrected chi connectivity index (χ2v) is 6.71. The molecule has 1 heterocycles. The molecule has 20 heavy (non-hydrogen) atoms. The van der Waals surface area contributed by atoms with E-state index in [2.05, 4.69) is 44.0 Å². The molecule has 0 aliphatic heterocycles. The Morgan fingerprint density at radius 2 is 2.15 bits per heavy atom. The Morgan fingerprint density at radius 3 is 2.85 bits per heavy atom. The van der Waals surface area contributed by atoms with E-state index in [-0.39, 0.29) is 6.04 Å². The number of benzene rings is 1. The van der Waals surface area contributed by atoms with Gasteiger partial charge in [0.25, 0.3) is 0 Å². The molecule has 2 aromatic rings. The van der Waals surface area contributed by atoms with Crippen LogP contribution in [0, 0.1) is 13.8 Å². The Hall–Kier alpha value is -1.39. The van der Waals surface area contributed by atoms with Gasteiger partial charge in [-0.15, -0.1) is 11.3 Å². The van der Waals surface area contributed by atoms with Crippen LogP contribution in [0.25, 0.3) is 0 Å². The fraction of sp³-hybridized carbons (Fsp3) is 0.438. The van der Waals surface area contributed by atoms with E-state index in [1.165, 1.54) is 28.1 Å². The molecule has 3 nitrogen and oxygen atoms in total. The lowest BCUT2D eigenvalue weighted by Gasteiger charge is -2.19. The topological polar surface area (TPSA) is 42.2 Å². The van der Waals surface area contributed by atoms with Gasteiger partial charge in [0.05, 0.1) is 5.69 Å². The first-order valence-corrected chi connectivity index (χ1v) is 7.94. The van der Waals surface area contributed by atoms with Crippen molar-refractivity contribution in [1.29, 1.82) is 0 Å². The van der Waals surface area contributed by atoms with Gasteiger partial charge in [0.15, 0.2) is 5.13 Å². The van der Waals surface area contributed by atoms with Crippen molar-refractivity contribution >= 4 is 22.2 Å². The third-order valence-corrected chi connectivity index (χ3v) is 5.19. The van der Waals surface area contributed by atoms with Crippen LogP contribution in [0.15, 0.2) is 18.2 Å². The zero-order chi connectivity index (χ0) is 14.3. The van der Waals surface area contributed by atoms with Gasteiger partial charge in [0.1, 0.15) is 0 Å². The smallest absolute Gasteiger partial charge is 0.190 e. The number of rotatable bonds is 2. The second kappa shape index (κ2) is 5.19. The van der Waals surface area contributed by atoms with E-state index < -0.39 is 0 Å². The summed E-state index contributed by atoms with van der Waals surface area (Å²) in [7, 11) is 2.09. The monoisotopic (exact) mass is 287 g/mol. The van der Waals surface area contributed by atoms with E-state index in [0.717, 1.165) is 23.7 Å². The molecule has 4 heteroatoms. The molecule has 1 aromatic carbocycles. The average Bonchev–Trinajstić information content (AvgIpc) is 2.83. The molecule has 106 valence electrons. The summed E-state index contributed by atoms with van der Waals surface area (Å²) >= 11 is 1.79. The van der Waals surface area contributed by atoms with Gasteiger partial charge >= 0.3 is 0 Å². The highest BCUT2D eigenvalue weighted by Gasteiger charge is 2.23. The molecule has 0 amide bonds. The van der Waals surface area contributed by atoms with Crippen LogP contribution in [-0.4, -0.2) is 12.0 Å². The van der Waals surface area contributed by atoms with E-state index in [9.17, 15) is 0 Å². The van der Waals surface area contributed by atoms with Gasteiger partial charge in [-0.2, -0.15) is 0 Å². The van der Waals surface area contributed by atoms with Crippen LogP contribution in [0.3, 0.4) is 0 Å². The Labute approximate surface area is 124 Å². The van der Waals surface area contributed by atoms with Gasteiger partial charge in [-0.1, -0.05) is 17.7 Å². The third kappa shape index (κ3) is 2.34. The zero-order valence-electron chi connectivity index (χ0n) is 12.3. The lowest BCUT2D eigenvalue weighted by molar-refractivity contribution is 0.564. The molecule has 1 atom stereocenters. The Balaban J connectivity index is 1.96. The maximum Gasteiger partial charge on any atom is 0.190 e. The summed E-state index contributed by atoms with van der Waals surface area (Å²) in [5.74, 6) is 0. The van der Waals surface area contributed by atoms with E-state index in [1.54, 1.807) is 11.3 Å². The van der Waals surface area contributed by atoms with Crippen LogP contribution >= 0.6 is 11.3 Å². The molecule has 0 saturated heterocycles. The molecule has 1 aliphatic carbocycles. The summed E-state index contributed by atoms with van der Waals surface area (Å²) in [5, 5.41) is 1.05. The summed E-state index contributed by atoms with van der Waals surface area (Å²) in [6.07, 6.45) is 3.37. The number of hydrogen-bond acceptors (Lipinski definition) is 4. The maximum atomic E-state index is 6.17. The minimum atomic E-state index is 0.122. The lowest BCUT2D eigenvalue weighted by Crippen LogP contribution is -2.17. The molecule has 2 N–H and O–H groups in total. The van der Waals surface area contributed by atoms with Crippen molar-refractivity contribution in [2.75, 3.05) is 11.9 Å². The largest absolute Gasteiger partial charge is 0.323 e. The van der Waals surface area contributed by atoms with Crippen molar-refractivity contribution in [3.63, 3.8) is 0 Å². The predicted octanol–water partition coefficient (Wildman–Crippen LogP) is 3.86. The molecule has 0 saturated carbocycles. The first-order valence-electron chi connectivity index (χ1n) is 7.12. The second-order valence-electron chi connectivity index (χ2n) is 5.65. The van der Waals surface area contributed by atoms with Crippen molar-refractivity contribution < 1.29 is 0 Å². The van der Waals surface area contributed by atoms with Crippen LogP contribution in [0.1, 0.15) is 40.6 Å². The highest BCUT2D eigenvalue weighted by atomic mass is 32.1. The molecular weight excluding hydrogens is 266 g/mol. The molecule has 0 fully saturated rings. The minimum Gasteiger partial charge on any atom is -0.323 e. The zero-order valence-corrected chi connectivity index (χ0v) is 13.1. The highest BCUT2D eigenvalue weighted by Crippen LogP contribution is 2.38. The van der Waals surface area contributed by atoms with Gasteiger partial charge in [-0.05, 0) is 44.7 Å². The van der Waals surface area contributed by atoms with Gasteiger partial charge in [-0.25, -0.2) is 4.98 Å². The summed E-state index contributed by atoms with van der Waals surface area (Å²) in [4.78, 5) is 8.35. The molecule has 0 bridgehead atoms. The van der Waals surface area contributed by atoms with Crippen LogP contribution in [-0.2, 0) is 6.42 Å². The predicted molar refractivity (Wildman–Crippen MR) is 86.0 cm³/mol. The normalized spacial score (nSPS) is 17.9. The summed E-state index contributed by atoms with van der Waals surface area (Å²) < 4.78 is 0. The lowest BCUT2D eigenvalue weighted by atomic mass is 9.99. The van der Waals surface area contributed by atoms with Gasteiger partial charge in [0.2, 0.25) is 0 Å². The standard InChI is InChI=1S/C16H21N3S/c1-10-7-8-13(11(2)9-10)19(3)16-18-15-12(17)5-4-6-14(15)20-16/h7-9,12H,4-6,17H2,1-3H3. The van der Waals surface area contributed by atoms with Crippen LogP contribution in [0.4, 0.5) is 10.8 Å². The number of hydrogen-bond donors (Lipinski definition) is 1. The van der Waals surface area contributed by atoms with Crippen LogP contribution < -0.4 is 10.6 Å². The number of anilines is 2. The summed E-state index contributed by atoms with van der Waals surface area (Å²) in [6, 6.07) is 6.66. The van der Waals surface area contributed by atoms with Crippen LogP contribution in [0.2, 0.25) is 0 Å². The Morgan fingerprint density at radius 1 is 1.35 bits per heavy atom. The quantitative estimate of drug-likeness (QED) is 0.912. The van der Waals surface area contributed by atoms with Crippen molar-refractivity contribution in [3.05, 3.63) is 39.9 Å². The molecule has 1 unspecified atom stereocenters. The average molecular weight is 287 g/mol. The SMILES string of the molecule is Cc1ccc(N(C)c2nc3c(s2)CCCC3N)c(C)c1. The van der Waals surface area contributed by atoms with E-state index in [4.69, 9.17) is 10.7 Å². The molecule has 1 aliphatic rings. The van der Waals surface area contributed by atoms with Gasteiger partial charge in [-0.3, -0.25) is 0 Å². The van der Waals surface area contributed by atoms with Crippen LogP contribution in [0.5, 0.6) is 0 Å². The van der Waals surface area contributed by atoms with Gasteiger partial charge in [0, 0.05) is 23.7 Å². The first kappa shape index (κ1) is 13.6. The van der Waals surface area contributed by atoms with E-state index in [0.29, 0.717) is 0 Å². The minimum absolute atomic E-state index is 0.122. The number of nitrogens with zero attached hydrogens (tertiary/aromatic N) is 2. The highest BCUT2D eigenvalue weighted by molar-refractivity contribution is 7.15. The van der Waals surface area contributed by atoms with Crippen molar-refractivity contribution in [3.8, 4) is 0 Å². The first-order chi connectivity index (χ1) is 9.56. The Bertz CT molecular complexity index is 633. The molecular formula is C16H21N3S. The number of fused-ring (bicyclic) bond motifs is 1. The third-order valence-electron chi connectivity index (χ3n) is 3.99. The van der Waals surface area contributed by atoms with Gasteiger partial charge < -0.3 is 10.6 Å². The van der Waals surface area contributed by atoms with Crippen molar-refractivity contribution in [1.82, 2.24) is 4.98 Å². The maximum absolute atomic E-state index is 6.17. The molecule has 3 rings (SSSR count). The Kier molecular flexibility index (Phi) is 3.52. The molecule has 1 aromatic heterocycles. The summed E-state index contributed by atoms with van der Waals surface area (Å²) in [5.41, 5.74) is 11.1. The van der Waals surface area contributed by atoms with Crippen molar-refractivity contribution in [2.45, 2.75) is 39.2 Å². The molecule has 0 radical (unpaired) electrons. The number of aromatic nitrogens is 1. The number of nitrogens with two attached hydrogens (primary N) is 1. The van der Waals surface area contributed by atoms with Crippen molar-refractivity contribution in [2.24, 2.45) is 5.73 Å². The number of thiazole rings is 1. The fourth-order valence-corrected chi connectivity index (χ4v) is 4.01. The van der Waals surface area contributed by atoms with E-state index >= 15 is 0 Å². The number of aryl methyl sites for hydroxylation is 3. The fourth-order valence-electron chi connectivity index (χ4n) is 2.87. The summed E-state index contributed by atoms with van der Waals surface area (Å²) in [6.45, 7) is 4.27. The molecule has 0 spiro atoms. The van der Waals surface area contributed by atoms with E-state index in [1.807, 2.05) is 0 Å².